The van der Waals surface area contributed by atoms with Crippen molar-refractivity contribution in [2.75, 3.05) is 13.7 Å². The third kappa shape index (κ3) is 3.50. The van der Waals surface area contributed by atoms with Crippen molar-refractivity contribution in [2.24, 2.45) is 5.73 Å². The highest BCUT2D eigenvalue weighted by molar-refractivity contribution is 5.43. The Hall–Kier alpha value is -2.00. The van der Waals surface area contributed by atoms with Gasteiger partial charge in [0.05, 0.1) is 7.11 Å². The third-order valence-electron chi connectivity index (χ3n) is 4.85. The molecule has 122 valence electrons. The molecular formula is C20H25NO2. The van der Waals surface area contributed by atoms with Crippen molar-refractivity contribution in [3.05, 3.63) is 58.7 Å². The minimum Gasteiger partial charge on any atom is -0.504 e. The second-order valence-corrected chi connectivity index (χ2v) is 6.38. The lowest BCUT2D eigenvalue weighted by Crippen LogP contribution is -2.16. The number of hydrogen-bond donors (Lipinski definition) is 2. The topological polar surface area (TPSA) is 55.5 Å². The Kier molecular flexibility index (Phi) is 4.87. The molecule has 0 spiro atoms. The minimum atomic E-state index is 0.175. The SMILES string of the molecule is COc1cc(CC(CN)c2ccc3c(c2)CCCC3)ccc1O. The second kappa shape index (κ2) is 7.05. The van der Waals surface area contributed by atoms with E-state index in [9.17, 15) is 5.11 Å². The zero-order chi connectivity index (χ0) is 16.2. The molecule has 23 heavy (non-hydrogen) atoms. The quantitative estimate of drug-likeness (QED) is 0.887. The van der Waals surface area contributed by atoms with Gasteiger partial charge in [-0.05, 0) is 73.0 Å². The summed E-state index contributed by atoms with van der Waals surface area (Å²) in [6, 6.07) is 12.4. The Morgan fingerprint density at radius 2 is 1.87 bits per heavy atom. The molecule has 3 nitrogen and oxygen atoms in total. The zero-order valence-electron chi connectivity index (χ0n) is 13.7. The maximum atomic E-state index is 9.73. The van der Waals surface area contributed by atoms with E-state index in [1.807, 2.05) is 12.1 Å². The number of rotatable bonds is 5. The predicted molar refractivity (Wildman–Crippen MR) is 93.2 cm³/mol. The molecule has 2 aromatic rings. The molecule has 0 aromatic heterocycles. The summed E-state index contributed by atoms with van der Waals surface area (Å²) in [4.78, 5) is 0. The number of hydrogen-bond acceptors (Lipinski definition) is 3. The predicted octanol–water partition coefficient (Wildman–Crippen LogP) is 3.56. The van der Waals surface area contributed by atoms with Gasteiger partial charge in [0.2, 0.25) is 0 Å². The van der Waals surface area contributed by atoms with E-state index in [0.717, 1.165) is 12.0 Å². The number of phenolic OH excluding ortho intramolecular Hbond substituents is 1. The van der Waals surface area contributed by atoms with Gasteiger partial charge in [0, 0.05) is 5.92 Å². The first kappa shape index (κ1) is 15.9. The van der Waals surface area contributed by atoms with Crippen molar-refractivity contribution in [1.82, 2.24) is 0 Å². The van der Waals surface area contributed by atoms with Gasteiger partial charge in [-0.1, -0.05) is 24.3 Å². The Balaban J connectivity index is 1.82. The van der Waals surface area contributed by atoms with Crippen LogP contribution in [0.5, 0.6) is 11.5 Å². The van der Waals surface area contributed by atoms with Gasteiger partial charge in [0.15, 0.2) is 11.5 Å². The molecule has 1 unspecified atom stereocenters. The van der Waals surface area contributed by atoms with Gasteiger partial charge in [-0.3, -0.25) is 0 Å². The van der Waals surface area contributed by atoms with E-state index in [1.165, 1.54) is 42.4 Å². The van der Waals surface area contributed by atoms with Crippen molar-refractivity contribution in [3.8, 4) is 11.5 Å². The molecule has 0 aliphatic heterocycles. The molecule has 0 radical (unpaired) electrons. The van der Waals surface area contributed by atoms with Gasteiger partial charge < -0.3 is 15.6 Å². The van der Waals surface area contributed by atoms with Crippen molar-refractivity contribution < 1.29 is 9.84 Å². The smallest absolute Gasteiger partial charge is 0.160 e. The molecule has 0 bridgehead atoms. The Morgan fingerprint density at radius 3 is 2.61 bits per heavy atom. The van der Waals surface area contributed by atoms with Crippen molar-refractivity contribution >= 4 is 0 Å². The summed E-state index contributed by atoms with van der Waals surface area (Å²) in [6.45, 7) is 0.613. The second-order valence-electron chi connectivity index (χ2n) is 6.38. The minimum absolute atomic E-state index is 0.175. The van der Waals surface area contributed by atoms with Crippen LogP contribution >= 0.6 is 0 Å². The molecule has 3 N–H and O–H groups in total. The molecule has 0 amide bonds. The number of nitrogens with two attached hydrogens (primary N) is 1. The van der Waals surface area contributed by atoms with Crippen LogP contribution in [0, 0.1) is 0 Å². The van der Waals surface area contributed by atoms with E-state index in [4.69, 9.17) is 10.5 Å². The summed E-state index contributed by atoms with van der Waals surface area (Å²) >= 11 is 0. The zero-order valence-corrected chi connectivity index (χ0v) is 13.7. The summed E-state index contributed by atoms with van der Waals surface area (Å²) in [6.07, 6.45) is 5.84. The first-order valence-electron chi connectivity index (χ1n) is 8.39. The van der Waals surface area contributed by atoms with Gasteiger partial charge >= 0.3 is 0 Å². The van der Waals surface area contributed by atoms with Crippen LogP contribution in [0.4, 0.5) is 0 Å². The van der Waals surface area contributed by atoms with E-state index >= 15 is 0 Å². The van der Waals surface area contributed by atoms with Crippen LogP contribution in [0.3, 0.4) is 0 Å². The van der Waals surface area contributed by atoms with E-state index in [2.05, 4.69) is 18.2 Å². The average molecular weight is 311 g/mol. The third-order valence-corrected chi connectivity index (χ3v) is 4.85. The summed E-state index contributed by atoms with van der Waals surface area (Å²) < 4.78 is 5.20. The number of aryl methyl sites for hydroxylation is 2. The van der Waals surface area contributed by atoms with Gasteiger partial charge in [0.25, 0.3) is 0 Å². The van der Waals surface area contributed by atoms with Gasteiger partial charge in [-0.2, -0.15) is 0 Å². The molecule has 0 saturated carbocycles. The Labute approximate surface area is 138 Å². The Bertz CT molecular complexity index is 681. The largest absolute Gasteiger partial charge is 0.504 e. The normalized spacial score (nSPS) is 15.0. The highest BCUT2D eigenvalue weighted by Crippen LogP contribution is 2.30. The van der Waals surface area contributed by atoms with Crippen LogP contribution in [-0.4, -0.2) is 18.8 Å². The van der Waals surface area contributed by atoms with Gasteiger partial charge in [-0.25, -0.2) is 0 Å². The van der Waals surface area contributed by atoms with E-state index < -0.39 is 0 Å². The molecule has 1 aliphatic carbocycles. The number of methoxy groups -OCH3 is 1. The molecular weight excluding hydrogens is 286 g/mol. The molecule has 0 heterocycles. The molecule has 2 aromatic carbocycles. The van der Waals surface area contributed by atoms with E-state index in [1.54, 1.807) is 13.2 Å². The van der Waals surface area contributed by atoms with E-state index in [-0.39, 0.29) is 11.7 Å². The molecule has 3 heteroatoms. The van der Waals surface area contributed by atoms with Gasteiger partial charge in [0.1, 0.15) is 0 Å². The lowest BCUT2D eigenvalue weighted by molar-refractivity contribution is 0.373. The van der Waals surface area contributed by atoms with Crippen LogP contribution in [0.15, 0.2) is 36.4 Å². The fourth-order valence-corrected chi connectivity index (χ4v) is 3.48. The summed E-state index contributed by atoms with van der Waals surface area (Å²) in [5, 5.41) is 9.73. The summed E-state index contributed by atoms with van der Waals surface area (Å²) in [5.74, 6) is 0.981. The molecule has 1 aliphatic rings. The summed E-state index contributed by atoms with van der Waals surface area (Å²) in [7, 11) is 1.57. The van der Waals surface area contributed by atoms with Crippen LogP contribution in [0.2, 0.25) is 0 Å². The molecule has 1 atom stereocenters. The standard InChI is InChI=1S/C20H25NO2/c1-23-20-11-14(6-9-19(20)22)10-18(13-21)17-8-7-15-4-2-3-5-16(15)12-17/h6-9,11-12,18,22H,2-5,10,13,21H2,1H3. The number of benzene rings is 2. The Morgan fingerprint density at radius 1 is 1.09 bits per heavy atom. The first-order valence-corrected chi connectivity index (χ1v) is 8.39. The van der Waals surface area contributed by atoms with Crippen LogP contribution in [0.25, 0.3) is 0 Å². The van der Waals surface area contributed by atoms with Crippen molar-refractivity contribution in [1.29, 1.82) is 0 Å². The molecule has 0 saturated heterocycles. The maximum absolute atomic E-state index is 9.73. The average Bonchev–Trinajstić information content (AvgIpc) is 2.60. The maximum Gasteiger partial charge on any atom is 0.160 e. The lowest BCUT2D eigenvalue weighted by Gasteiger charge is -2.21. The number of aromatic hydroxyl groups is 1. The number of fused-ring (bicyclic) bond motifs is 1. The van der Waals surface area contributed by atoms with Crippen molar-refractivity contribution in [3.63, 3.8) is 0 Å². The molecule has 0 fully saturated rings. The van der Waals surface area contributed by atoms with Crippen LogP contribution in [0.1, 0.15) is 41.0 Å². The number of phenols is 1. The first-order chi connectivity index (χ1) is 11.2. The highest BCUT2D eigenvalue weighted by atomic mass is 16.5. The monoisotopic (exact) mass is 311 g/mol. The fraction of sp³-hybridized carbons (Fsp3) is 0.400. The lowest BCUT2D eigenvalue weighted by atomic mass is 9.85. The summed E-state index contributed by atoms with van der Waals surface area (Å²) in [5.41, 5.74) is 11.5. The highest BCUT2D eigenvalue weighted by Gasteiger charge is 2.16. The van der Waals surface area contributed by atoms with Gasteiger partial charge in [-0.15, -0.1) is 0 Å². The van der Waals surface area contributed by atoms with Crippen molar-refractivity contribution in [2.45, 2.75) is 38.0 Å². The van der Waals surface area contributed by atoms with E-state index in [0.29, 0.717) is 12.3 Å². The number of ether oxygens (including phenoxy) is 1. The fourth-order valence-electron chi connectivity index (χ4n) is 3.48. The molecule has 3 rings (SSSR count). The van der Waals surface area contributed by atoms with Crippen LogP contribution in [-0.2, 0) is 19.3 Å². The van der Waals surface area contributed by atoms with Crippen LogP contribution < -0.4 is 10.5 Å².